The second-order valence-corrected chi connectivity index (χ2v) is 8.88. The maximum atomic E-state index is 6.40. The molecule has 1 fully saturated rings. The Kier molecular flexibility index (Phi) is 6.54. The quantitative estimate of drug-likeness (QED) is 0.706. The van der Waals surface area contributed by atoms with E-state index < -0.39 is 0 Å². The lowest BCUT2D eigenvalue weighted by Crippen LogP contribution is -2.62. The van der Waals surface area contributed by atoms with Gasteiger partial charge in [-0.2, -0.15) is 0 Å². The molecule has 30 heavy (non-hydrogen) atoms. The van der Waals surface area contributed by atoms with Gasteiger partial charge in [-0.25, -0.2) is 0 Å². The van der Waals surface area contributed by atoms with Crippen molar-refractivity contribution < 1.29 is 4.74 Å². The van der Waals surface area contributed by atoms with Crippen molar-refractivity contribution in [2.45, 2.75) is 24.9 Å². The summed E-state index contributed by atoms with van der Waals surface area (Å²) in [6.07, 6.45) is 1.95. The normalized spacial score (nSPS) is 19.7. The van der Waals surface area contributed by atoms with Crippen LogP contribution in [0.3, 0.4) is 0 Å². The third-order valence-corrected chi connectivity index (χ3v) is 6.72. The van der Waals surface area contributed by atoms with E-state index in [1.165, 1.54) is 5.56 Å². The third kappa shape index (κ3) is 4.30. The van der Waals surface area contributed by atoms with Gasteiger partial charge in [0.1, 0.15) is 5.84 Å². The van der Waals surface area contributed by atoms with Crippen LogP contribution in [-0.2, 0) is 11.3 Å². The van der Waals surface area contributed by atoms with E-state index in [2.05, 4.69) is 46.4 Å². The minimum atomic E-state index is -0.237. The number of fused-ring (bicyclic) bond motifs is 1. The molecule has 0 aromatic heterocycles. The molecular formula is C23H28Cl2N4O. The van der Waals surface area contributed by atoms with Crippen molar-refractivity contribution in [2.24, 2.45) is 4.99 Å². The molecule has 160 valence electrons. The monoisotopic (exact) mass is 446 g/mol. The zero-order valence-electron chi connectivity index (χ0n) is 17.5. The lowest BCUT2D eigenvalue weighted by atomic mass is 9.83. The highest BCUT2D eigenvalue weighted by Crippen LogP contribution is 2.44. The van der Waals surface area contributed by atoms with Gasteiger partial charge in [-0.3, -0.25) is 4.99 Å². The fraction of sp³-hybridized carbons (Fsp3) is 0.435. The Balaban J connectivity index is 1.80. The zero-order chi connectivity index (χ0) is 21.1. The van der Waals surface area contributed by atoms with Crippen LogP contribution in [0.25, 0.3) is 0 Å². The standard InChI is InChI=1S/C23H28Cl2N4O/c1-28-10-8-23(9-11-28)22(26-16-17-6-4-3-5-7-17)29(12-13-30-2)21-15-19(25)18(24)14-20(21)27-23/h3-7,14-15,27H,8-13,16H2,1-2H3. The Morgan fingerprint density at radius 1 is 1.10 bits per heavy atom. The molecule has 4 rings (SSSR count). The van der Waals surface area contributed by atoms with E-state index in [0.29, 0.717) is 29.7 Å². The van der Waals surface area contributed by atoms with Crippen LogP contribution < -0.4 is 10.2 Å². The summed E-state index contributed by atoms with van der Waals surface area (Å²) >= 11 is 12.8. The van der Waals surface area contributed by atoms with Crippen molar-refractivity contribution in [2.75, 3.05) is 50.6 Å². The van der Waals surface area contributed by atoms with Crippen LogP contribution in [-0.4, -0.2) is 56.7 Å². The average Bonchev–Trinajstić information content (AvgIpc) is 2.75. The number of aliphatic imine (C=N–C) groups is 1. The molecule has 0 amide bonds. The molecule has 7 heteroatoms. The van der Waals surface area contributed by atoms with Crippen molar-refractivity contribution >= 4 is 40.4 Å². The van der Waals surface area contributed by atoms with Gasteiger partial charge in [0.25, 0.3) is 0 Å². The number of nitrogens with one attached hydrogen (secondary N) is 1. The Morgan fingerprint density at radius 2 is 1.80 bits per heavy atom. The highest BCUT2D eigenvalue weighted by molar-refractivity contribution is 6.42. The van der Waals surface area contributed by atoms with E-state index in [0.717, 1.165) is 43.1 Å². The van der Waals surface area contributed by atoms with E-state index in [9.17, 15) is 0 Å². The molecule has 0 aliphatic carbocycles. The maximum absolute atomic E-state index is 6.40. The van der Waals surface area contributed by atoms with Gasteiger partial charge in [0, 0.05) is 26.7 Å². The van der Waals surface area contributed by atoms with Gasteiger partial charge in [0.05, 0.1) is 40.1 Å². The number of benzene rings is 2. The first-order valence-electron chi connectivity index (χ1n) is 10.3. The van der Waals surface area contributed by atoms with Crippen LogP contribution in [0.1, 0.15) is 18.4 Å². The first-order chi connectivity index (χ1) is 14.5. The predicted molar refractivity (Wildman–Crippen MR) is 126 cm³/mol. The van der Waals surface area contributed by atoms with Gasteiger partial charge in [-0.05, 0) is 37.6 Å². The van der Waals surface area contributed by atoms with Crippen molar-refractivity contribution in [3.63, 3.8) is 0 Å². The number of rotatable bonds is 5. The summed E-state index contributed by atoms with van der Waals surface area (Å²) in [4.78, 5) is 9.81. The summed E-state index contributed by atoms with van der Waals surface area (Å²) in [5, 5.41) is 4.91. The Bertz CT molecular complexity index is 911. The molecule has 0 radical (unpaired) electrons. The van der Waals surface area contributed by atoms with Crippen LogP contribution in [0.5, 0.6) is 0 Å². The summed E-state index contributed by atoms with van der Waals surface area (Å²) in [6.45, 7) is 3.95. The minimum Gasteiger partial charge on any atom is -0.383 e. The fourth-order valence-corrected chi connectivity index (χ4v) is 4.61. The van der Waals surface area contributed by atoms with E-state index in [1.807, 2.05) is 18.2 Å². The summed E-state index contributed by atoms with van der Waals surface area (Å²) in [6, 6.07) is 14.2. The molecule has 1 N–H and O–H groups in total. The van der Waals surface area contributed by atoms with Crippen molar-refractivity contribution in [1.29, 1.82) is 0 Å². The second-order valence-electron chi connectivity index (χ2n) is 8.06. The summed E-state index contributed by atoms with van der Waals surface area (Å²) < 4.78 is 5.43. The van der Waals surface area contributed by atoms with Crippen LogP contribution in [0.2, 0.25) is 10.0 Å². The lowest BCUT2D eigenvalue weighted by molar-refractivity contribution is 0.206. The number of amidine groups is 1. The van der Waals surface area contributed by atoms with Crippen molar-refractivity contribution in [3.05, 3.63) is 58.1 Å². The van der Waals surface area contributed by atoms with E-state index in [-0.39, 0.29) is 5.54 Å². The van der Waals surface area contributed by atoms with Crippen LogP contribution >= 0.6 is 23.2 Å². The third-order valence-electron chi connectivity index (χ3n) is 6.00. The molecule has 2 heterocycles. The zero-order valence-corrected chi connectivity index (χ0v) is 19.0. The molecule has 2 aliphatic heterocycles. The lowest BCUT2D eigenvalue weighted by Gasteiger charge is -2.50. The largest absolute Gasteiger partial charge is 0.383 e. The average molecular weight is 447 g/mol. The summed E-state index contributed by atoms with van der Waals surface area (Å²) in [5.74, 6) is 1.06. The molecule has 0 bridgehead atoms. The van der Waals surface area contributed by atoms with Crippen LogP contribution in [0.15, 0.2) is 47.5 Å². The SMILES string of the molecule is COCCN1C(=NCc2ccccc2)C2(CCN(C)CC2)Nc2cc(Cl)c(Cl)cc21. The topological polar surface area (TPSA) is 40.1 Å². The maximum Gasteiger partial charge on any atom is 0.130 e. The molecule has 0 unspecified atom stereocenters. The van der Waals surface area contributed by atoms with Gasteiger partial charge in [-0.1, -0.05) is 53.5 Å². The second kappa shape index (κ2) is 9.15. The molecule has 2 aromatic carbocycles. The number of hydrogen-bond acceptors (Lipinski definition) is 4. The van der Waals surface area contributed by atoms with Gasteiger partial charge in [0.15, 0.2) is 0 Å². The van der Waals surface area contributed by atoms with Crippen LogP contribution in [0, 0.1) is 0 Å². The highest BCUT2D eigenvalue weighted by Gasteiger charge is 2.45. The smallest absolute Gasteiger partial charge is 0.130 e. The molecule has 1 spiro atoms. The Morgan fingerprint density at radius 3 is 2.50 bits per heavy atom. The van der Waals surface area contributed by atoms with E-state index >= 15 is 0 Å². The molecule has 1 saturated heterocycles. The number of methoxy groups -OCH3 is 1. The first kappa shape index (κ1) is 21.4. The summed E-state index contributed by atoms with van der Waals surface area (Å²) in [7, 11) is 3.90. The van der Waals surface area contributed by atoms with Crippen molar-refractivity contribution in [1.82, 2.24) is 4.90 Å². The van der Waals surface area contributed by atoms with E-state index in [1.54, 1.807) is 7.11 Å². The number of likely N-dealkylation sites (tertiary alicyclic amines) is 1. The molecular weight excluding hydrogens is 419 g/mol. The fourth-order valence-electron chi connectivity index (χ4n) is 4.29. The molecule has 0 saturated carbocycles. The number of ether oxygens (including phenoxy) is 1. The number of anilines is 2. The Hall–Kier alpha value is -1.79. The van der Waals surface area contributed by atoms with Gasteiger partial charge >= 0.3 is 0 Å². The minimum absolute atomic E-state index is 0.237. The van der Waals surface area contributed by atoms with E-state index in [4.69, 9.17) is 32.9 Å². The van der Waals surface area contributed by atoms with Gasteiger partial charge in [-0.15, -0.1) is 0 Å². The number of halogens is 2. The number of hydrogen-bond donors (Lipinski definition) is 1. The van der Waals surface area contributed by atoms with Crippen LogP contribution in [0.4, 0.5) is 11.4 Å². The number of nitrogens with zero attached hydrogens (tertiary/aromatic N) is 3. The molecule has 0 atom stereocenters. The number of piperidine rings is 1. The van der Waals surface area contributed by atoms with Gasteiger partial charge in [0.2, 0.25) is 0 Å². The highest BCUT2D eigenvalue weighted by atomic mass is 35.5. The summed E-state index contributed by atoms with van der Waals surface area (Å²) in [5.41, 5.74) is 2.96. The first-order valence-corrected chi connectivity index (χ1v) is 11.1. The molecule has 2 aromatic rings. The van der Waals surface area contributed by atoms with Gasteiger partial charge < -0.3 is 19.9 Å². The molecule has 2 aliphatic rings. The predicted octanol–water partition coefficient (Wildman–Crippen LogP) is 4.93. The van der Waals surface area contributed by atoms with Crippen molar-refractivity contribution in [3.8, 4) is 0 Å². The Labute approximate surface area is 188 Å². The molecule has 5 nitrogen and oxygen atoms in total.